The number of carbonyl (C=O) groups is 1. The molecule has 122 valence electrons. The second-order valence-corrected chi connectivity index (χ2v) is 7.99. The Balaban J connectivity index is 1.99. The lowest BCUT2D eigenvalue weighted by Crippen LogP contribution is -2.50. The van der Waals surface area contributed by atoms with Gasteiger partial charge in [0.2, 0.25) is 0 Å². The summed E-state index contributed by atoms with van der Waals surface area (Å²) in [6, 6.07) is 4.01. The van der Waals surface area contributed by atoms with Crippen LogP contribution in [0.25, 0.3) is 0 Å². The van der Waals surface area contributed by atoms with Gasteiger partial charge in [0, 0.05) is 40.8 Å². The van der Waals surface area contributed by atoms with Crippen LogP contribution in [0.15, 0.2) is 21.1 Å². The van der Waals surface area contributed by atoms with Crippen molar-refractivity contribution in [1.29, 1.82) is 0 Å². The van der Waals surface area contributed by atoms with Crippen LogP contribution in [-0.4, -0.2) is 42.8 Å². The number of nitrogens with zero attached hydrogens (tertiary/aromatic N) is 2. The van der Waals surface area contributed by atoms with Crippen LogP contribution in [0.5, 0.6) is 0 Å². The number of carbonyl (C=O) groups excluding carboxylic acids is 1. The minimum atomic E-state index is -0.457. The fraction of sp³-hybridized carbons (Fsp3) is 0.533. The van der Waals surface area contributed by atoms with Crippen molar-refractivity contribution < 1.29 is 9.53 Å². The zero-order valence-corrected chi connectivity index (χ0v) is 16.2. The third-order valence-corrected chi connectivity index (χ3v) is 4.67. The third kappa shape index (κ3) is 4.29. The van der Waals surface area contributed by atoms with Crippen LogP contribution < -0.4 is 10.6 Å². The zero-order valence-electron chi connectivity index (χ0n) is 13.0. The van der Waals surface area contributed by atoms with E-state index in [0.717, 1.165) is 27.7 Å². The van der Waals surface area contributed by atoms with Crippen molar-refractivity contribution in [3.63, 3.8) is 0 Å². The second kappa shape index (κ2) is 6.66. The summed E-state index contributed by atoms with van der Waals surface area (Å²) in [7, 11) is 0. The normalized spacial score (nSPS) is 15.9. The van der Waals surface area contributed by atoms with E-state index in [9.17, 15) is 4.79 Å². The standard InChI is InChI=1S/C15H21Br2N3O2/c1-15(2,3)22-14(21)20-6-4-19(5-7-20)10-8-11(16)13(18)12(17)9-10/h8-9H,4-7,18H2,1-3H3. The molecule has 0 aromatic heterocycles. The third-order valence-electron chi connectivity index (χ3n) is 3.36. The molecule has 0 radical (unpaired) electrons. The number of hydrogen-bond donors (Lipinski definition) is 1. The van der Waals surface area contributed by atoms with Crippen LogP contribution in [-0.2, 0) is 4.74 Å². The molecule has 0 bridgehead atoms. The quantitative estimate of drug-likeness (QED) is 0.682. The number of hydrogen-bond acceptors (Lipinski definition) is 4. The summed E-state index contributed by atoms with van der Waals surface area (Å²) < 4.78 is 7.14. The van der Waals surface area contributed by atoms with E-state index in [1.807, 2.05) is 32.9 Å². The van der Waals surface area contributed by atoms with Crippen molar-refractivity contribution >= 4 is 49.3 Å². The predicted octanol–water partition coefficient (Wildman–Crippen LogP) is 3.85. The van der Waals surface area contributed by atoms with Crippen LogP contribution in [0.3, 0.4) is 0 Å². The maximum atomic E-state index is 12.1. The Morgan fingerprint density at radius 1 is 1.14 bits per heavy atom. The number of piperazine rings is 1. The first kappa shape index (κ1) is 17.4. The van der Waals surface area contributed by atoms with Gasteiger partial charge in [-0.1, -0.05) is 0 Å². The molecule has 1 saturated heterocycles. The SMILES string of the molecule is CC(C)(C)OC(=O)N1CCN(c2cc(Br)c(N)c(Br)c2)CC1. The smallest absolute Gasteiger partial charge is 0.410 e. The Bertz CT molecular complexity index is 541. The van der Waals surface area contributed by atoms with Gasteiger partial charge in [0.25, 0.3) is 0 Å². The number of benzene rings is 1. The molecule has 0 saturated carbocycles. The van der Waals surface area contributed by atoms with E-state index in [-0.39, 0.29) is 6.09 Å². The predicted molar refractivity (Wildman–Crippen MR) is 96.3 cm³/mol. The fourth-order valence-electron chi connectivity index (χ4n) is 2.23. The van der Waals surface area contributed by atoms with Gasteiger partial charge in [-0.05, 0) is 64.8 Å². The number of ether oxygens (including phenoxy) is 1. The Kier molecular flexibility index (Phi) is 5.27. The lowest BCUT2D eigenvalue weighted by atomic mass is 10.2. The molecule has 1 heterocycles. The van der Waals surface area contributed by atoms with Crippen molar-refractivity contribution in [2.24, 2.45) is 0 Å². The maximum absolute atomic E-state index is 12.1. The van der Waals surface area contributed by atoms with E-state index in [1.165, 1.54) is 0 Å². The van der Waals surface area contributed by atoms with E-state index in [0.29, 0.717) is 18.8 Å². The first-order valence-electron chi connectivity index (χ1n) is 7.15. The molecule has 5 nitrogen and oxygen atoms in total. The fourth-order valence-corrected chi connectivity index (χ4v) is 3.39. The second-order valence-electron chi connectivity index (χ2n) is 6.28. The largest absolute Gasteiger partial charge is 0.444 e. The molecule has 1 aromatic rings. The Labute approximate surface area is 148 Å². The number of nitrogen functional groups attached to an aromatic ring is 1. The lowest BCUT2D eigenvalue weighted by molar-refractivity contribution is 0.0240. The number of rotatable bonds is 1. The van der Waals surface area contributed by atoms with Crippen molar-refractivity contribution in [2.75, 3.05) is 36.8 Å². The first-order valence-corrected chi connectivity index (χ1v) is 8.73. The van der Waals surface area contributed by atoms with Crippen LogP contribution in [0.1, 0.15) is 20.8 Å². The number of anilines is 2. The molecule has 0 atom stereocenters. The minimum absolute atomic E-state index is 0.244. The van der Waals surface area contributed by atoms with Crippen molar-refractivity contribution in [1.82, 2.24) is 4.90 Å². The highest BCUT2D eigenvalue weighted by molar-refractivity contribution is 9.11. The molecular weight excluding hydrogens is 414 g/mol. The van der Waals surface area contributed by atoms with Gasteiger partial charge in [0.1, 0.15) is 5.60 Å². The first-order chi connectivity index (χ1) is 10.2. The Morgan fingerprint density at radius 3 is 2.09 bits per heavy atom. The van der Waals surface area contributed by atoms with Gasteiger partial charge < -0.3 is 20.3 Å². The lowest BCUT2D eigenvalue weighted by Gasteiger charge is -2.37. The maximum Gasteiger partial charge on any atom is 0.410 e. The van der Waals surface area contributed by atoms with Crippen LogP contribution in [0, 0.1) is 0 Å². The summed E-state index contributed by atoms with van der Waals surface area (Å²) in [6.45, 7) is 8.47. The molecule has 1 aliphatic heterocycles. The highest BCUT2D eigenvalue weighted by Gasteiger charge is 2.26. The van der Waals surface area contributed by atoms with E-state index in [2.05, 4.69) is 36.8 Å². The summed E-state index contributed by atoms with van der Waals surface area (Å²) in [5, 5.41) is 0. The average molecular weight is 435 g/mol. The van der Waals surface area contributed by atoms with Gasteiger partial charge in [-0.2, -0.15) is 0 Å². The summed E-state index contributed by atoms with van der Waals surface area (Å²) >= 11 is 6.93. The van der Waals surface area contributed by atoms with Gasteiger partial charge in [0.15, 0.2) is 0 Å². The Morgan fingerprint density at radius 2 is 1.64 bits per heavy atom. The molecule has 7 heteroatoms. The molecule has 0 unspecified atom stereocenters. The van der Waals surface area contributed by atoms with Gasteiger partial charge in [-0.15, -0.1) is 0 Å². The zero-order chi connectivity index (χ0) is 16.5. The van der Waals surface area contributed by atoms with Gasteiger partial charge in [-0.25, -0.2) is 4.79 Å². The summed E-state index contributed by atoms with van der Waals surface area (Å²) in [5.74, 6) is 0. The number of nitrogens with two attached hydrogens (primary N) is 1. The molecule has 0 aliphatic carbocycles. The summed E-state index contributed by atoms with van der Waals surface area (Å²) in [6.07, 6.45) is -0.244. The molecule has 1 amide bonds. The van der Waals surface area contributed by atoms with E-state index >= 15 is 0 Å². The van der Waals surface area contributed by atoms with Gasteiger partial charge in [-0.3, -0.25) is 0 Å². The monoisotopic (exact) mass is 433 g/mol. The van der Waals surface area contributed by atoms with Crippen molar-refractivity contribution in [2.45, 2.75) is 26.4 Å². The van der Waals surface area contributed by atoms with Crippen LogP contribution in [0.2, 0.25) is 0 Å². The summed E-state index contributed by atoms with van der Waals surface area (Å²) in [4.78, 5) is 16.0. The molecular formula is C15H21Br2N3O2. The highest BCUT2D eigenvalue weighted by atomic mass is 79.9. The van der Waals surface area contributed by atoms with Gasteiger partial charge in [0.05, 0.1) is 5.69 Å². The molecule has 0 spiro atoms. The molecule has 22 heavy (non-hydrogen) atoms. The average Bonchev–Trinajstić information content (AvgIpc) is 2.42. The molecule has 2 rings (SSSR count). The summed E-state index contributed by atoms with van der Waals surface area (Å²) in [5.41, 5.74) is 7.23. The highest BCUT2D eigenvalue weighted by Crippen LogP contribution is 2.33. The van der Waals surface area contributed by atoms with Crippen LogP contribution >= 0.6 is 31.9 Å². The molecule has 1 fully saturated rings. The van der Waals surface area contributed by atoms with E-state index < -0.39 is 5.60 Å². The van der Waals surface area contributed by atoms with E-state index in [4.69, 9.17) is 10.5 Å². The van der Waals surface area contributed by atoms with Gasteiger partial charge >= 0.3 is 6.09 Å². The van der Waals surface area contributed by atoms with E-state index in [1.54, 1.807) is 4.90 Å². The Hall–Kier alpha value is -0.950. The molecule has 1 aromatic carbocycles. The number of amides is 1. The van der Waals surface area contributed by atoms with Crippen molar-refractivity contribution in [3.05, 3.63) is 21.1 Å². The number of halogens is 2. The van der Waals surface area contributed by atoms with Crippen LogP contribution in [0.4, 0.5) is 16.2 Å². The topological polar surface area (TPSA) is 58.8 Å². The minimum Gasteiger partial charge on any atom is -0.444 e. The van der Waals surface area contributed by atoms with Crippen molar-refractivity contribution in [3.8, 4) is 0 Å². The molecule has 1 aliphatic rings. The molecule has 2 N–H and O–H groups in total.